The topological polar surface area (TPSA) is 69.1 Å². The number of hydrogen-bond acceptors (Lipinski definition) is 6. The summed E-state index contributed by atoms with van der Waals surface area (Å²) in [7, 11) is 0. The van der Waals surface area contributed by atoms with E-state index in [-0.39, 0.29) is 5.91 Å². The SMILES string of the molecule is O=C(c1cc2c(s1)/C=C\CC=NC(NCc1ccccc1)=NC2)N1CCNCC1. The van der Waals surface area contributed by atoms with Crippen molar-refractivity contribution >= 4 is 35.5 Å². The fraction of sp³-hybridized carbons (Fsp3) is 0.318. The molecule has 150 valence electrons. The zero-order valence-corrected chi connectivity index (χ0v) is 17.1. The molecular formula is C22H25N5OS. The molecule has 6 nitrogen and oxygen atoms in total. The van der Waals surface area contributed by atoms with Crippen LogP contribution in [0.5, 0.6) is 0 Å². The Hall–Kier alpha value is -2.77. The number of carbonyl (C=O) groups excluding carboxylic acids is 1. The molecule has 3 heterocycles. The maximum absolute atomic E-state index is 12.9. The van der Waals surface area contributed by atoms with Crippen molar-refractivity contribution in [2.45, 2.75) is 19.5 Å². The van der Waals surface area contributed by atoms with Gasteiger partial charge in [-0.25, -0.2) is 9.98 Å². The van der Waals surface area contributed by atoms with Gasteiger partial charge < -0.3 is 15.5 Å². The molecule has 2 aliphatic rings. The van der Waals surface area contributed by atoms with Gasteiger partial charge in [0.2, 0.25) is 5.96 Å². The lowest BCUT2D eigenvalue weighted by molar-refractivity contribution is 0.0740. The Kier molecular flexibility index (Phi) is 6.49. The van der Waals surface area contributed by atoms with Gasteiger partial charge in [-0.15, -0.1) is 11.3 Å². The predicted molar refractivity (Wildman–Crippen MR) is 120 cm³/mol. The summed E-state index contributed by atoms with van der Waals surface area (Å²) in [6.07, 6.45) is 6.75. The van der Waals surface area contributed by atoms with Crippen molar-refractivity contribution in [2.75, 3.05) is 26.2 Å². The molecule has 1 saturated heterocycles. The van der Waals surface area contributed by atoms with Crippen LogP contribution in [0.25, 0.3) is 6.08 Å². The first-order valence-corrected chi connectivity index (χ1v) is 10.8. The molecule has 0 bridgehead atoms. The fourth-order valence-electron chi connectivity index (χ4n) is 3.29. The summed E-state index contributed by atoms with van der Waals surface area (Å²) in [6.45, 7) is 4.41. The lowest BCUT2D eigenvalue weighted by atomic mass is 10.2. The molecule has 7 heteroatoms. The number of nitrogens with one attached hydrogen (secondary N) is 2. The molecule has 0 saturated carbocycles. The second kappa shape index (κ2) is 9.62. The Morgan fingerprint density at radius 1 is 1.21 bits per heavy atom. The lowest BCUT2D eigenvalue weighted by Gasteiger charge is -2.26. The largest absolute Gasteiger partial charge is 0.350 e. The van der Waals surface area contributed by atoms with E-state index in [4.69, 9.17) is 0 Å². The van der Waals surface area contributed by atoms with Crippen molar-refractivity contribution in [3.05, 3.63) is 63.4 Å². The standard InChI is InChI=1S/C22H25N5OS/c28-21(27-12-10-23-11-13-27)20-14-18-16-26-22(24-9-5-4-8-19(18)29-20)25-15-17-6-2-1-3-7-17/h1-4,6-9,14,23H,5,10-13,15-16H2,(H,25,26)/b8-4-,24-9?. The molecule has 2 N–H and O–H groups in total. The lowest BCUT2D eigenvalue weighted by Crippen LogP contribution is -2.46. The highest BCUT2D eigenvalue weighted by Gasteiger charge is 2.21. The van der Waals surface area contributed by atoms with Crippen LogP contribution < -0.4 is 10.6 Å². The molecule has 29 heavy (non-hydrogen) atoms. The molecule has 0 radical (unpaired) electrons. The third-order valence-electron chi connectivity index (χ3n) is 4.87. The first-order chi connectivity index (χ1) is 14.3. The average molecular weight is 408 g/mol. The van der Waals surface area contributed by atoms with E-state index in [1.54, 1.807) is 11.3 Å². The summed E-state index contributed by atoms with van der Waals surface area (Å²) in [5.74, 6) is 0.742. The molecule has 0 spiro atoms. The molecule has 1 aromatic carbocycles. The van der Waals surface area contributed by atoms with Crippen LogP contribution in [0.2, 0.25) is 0 Å². The Morgan fingerprint density at radius 2 is 2.03 bits per heavy atom. The molecule has 0 aliphatic carbocycles. The van der Waals surface area contributed by atoms with Crippen LogP contribution in [-0.2, 0) is 13.1 Å². The summed E-state index contributed by atoms with van der Waals surface area (Å²) in [5, 5.41) is 6.60. The van der Waals surface area contributed by atoms with Crippen molar-refractivity contribution < 1.29 is 4.79 Å². The summed E-state index contributed by atoms with van der Waals surface area (Å²) in [4.78, 5) is 25.8. The number of fused-ring (bicyclic) bond motifs is 1. The molecule has 1 fully saturated rings. The van der Waals surface area contributed by atoms with Crippen molar-refractivity contribution in [1.29, 1.82) is 0 Å². The van der Waals surface area contributed by atoms with Crippen molar-refractivity contribution in [3.63, 3.8) is 0 Å². The number of piperazine rings is 1. The maximum atomic E-state index is 12.9. The zero-order valence-electron chi connectivity index (χ0n) is 16.3. The summed E-state index contributed by atoms with van der Waals surface area (Å²) < 4.78 is 0. The Morgan fingerprint density at radius 3 is 2.86 bits per heavy atom. The molecule has 0 unspecified atom stereocenters. The number of rotatable bonds is 3. The first kappa shape index (κ1) is 19.5. The smallest absolute Gasteiger partial charge is 0.264 e. The van der Waals surface area contributed by atoms with Crippen LogP contribution in [0.1, 0.15) is 32.1 Å². The summed E-state index contributed by atoms with van der Waals surface area (Å²) in [5.41, 5.74) is 2.25. The van der Waals surface area contributed by atoms with Crippen LogP contribution in [0.4, 0.5) is 0 Å². The minimum Gasteiger partial charge on any atom is -0.350 e. The number of thiophene rings is 1. The van der Waals surface area contributed by atoms with E-state index >= 15 is 0 Å². The molecule has 4 rings (SSSR count). The number of hydrogen-bond donors (Lipinski definition) is 2. The minimum absolute atomic E-state index is 0.120. The maximum Gasteiger partial charge on any atom is 0.264 e. The van der Waals surface area contributed by atoms with Gasteiger partial charge in [-0.1, -0.05) is 36.4 Å². The Balaban J connectivity index is 1.49. The third kappa shape index (κ3) is 5.19. The van der Waals surface area contributed by atoms with Crippen LogP contribution in [0, 0.1) is 0 Å². The van der Waals surface area contributed by atoms with Gasteiger partial charge in [-0.2, -0.15) is 0 Å². The normalized spacial score (nSPS) is 17.9. The van der Waals surface area contributed by atoms with Gasteiger partial charge in [0.15, 0.2) is 0 Å². The first-order valence-electron chi connectivity index (χ1n) is 9.93. The second-order valence-electron chi connectivity index (χ2n) is 6.97. The number of allylic oxidation sites excluding steroid dienone is 1. The second-order valence-corrected chi connectivity index (χ2v) is 8.05. The number of benzene rings is 1. The summed E-state index contributed by atoms with van der Waals surface area (Å²) in [6, 6.07) is 12.2. The van der Waals surface area contributed by atoms with E-state index in [2.05, 4.69) is 44.9 Å². The summed E-state index contributed by atoms with van der Waals surface area (Å²) >= 11 is 1.55. The minimum atomic E-state index is 0.120. The highest BCUT2D eigenvalue weighted by Crippen LogP contribution is 2.26. The van der Waals surface area contributed by atoms with Crippen LogP contribution in [0.15, 0.2) is 52.5 Å². The zero-order chi connectivity index (χ0) is 19.9. The van der Waals surface area contributed by atoms with Gasteiger partial charge in [0.25, 0.3) is 5.91 Å². The van der Waals surface area contributed by atoms with Gasteiger partial charge in [-0.05, 0) is 23.3 Å². The number of guanidine groups is 1. The monoisotopic (exact) mass is 407 g/mol. The van der Waals surface area contributed by atoms with E-state index < -0.39 is 0 Å². The average Bonchev–Trinajstić information content (AvgIpc) is 3.19. The van der Waals surface area contributed by atoms with Gasteiger partial charge in [0.05, 0.1) is 11.4 Å². The molecule has 1 amide bonds. The number of amides is 1. The molecule has 2 aromatic rings. The van der Waals surface area contributed by atoms with E-state index in [1.165, 1.54) is 5.56 Å². The van der Waals surface area contributed by atoms with Crippen LogP contribution in [-0.4, -0.2) is 49.2 Å². The molecular weight excluding hydrogens is 382 g/mol. The third-order valence-corrected chi connectivity index (χ3v) is 6.00. The molecule has 2 aliphatic heterocycles. The van der Waals surface area contributed by atoms with Gasteiger partial charge in [-0.3, -0.25) is 4.79 Å². The van der Waals surface area contributed by atoms with Gasteiger partial charge in [0.1, 0.15) is 0 Å². The molecule has 0 atom stereocenters. The van der Waals surface area contributed by atoms with Crippen molar-refractivity contribution in [1.82, 2.24) is 15.5 Å². The van der Waals surface area contributed by atoms with Gasteiger partial charge in [0, 0.05) is 50.2 Å². The fourth-order valence-corrected chi connectivity index (χ4v) is 4.36. The van der Waals surface area contributed by atoms with E-state index in [0.29, 0.717) is 19.0 Å². The molecule has 1 aromatic heterocycles. The van der Waals surface area contributed by atoms with Crippen LogP contribution >= 0.6 is 11.3 Å². The van der Waals surface area contributed by atoms with Crippen LogP contribution in [0.3, 0.4) is 0 Å². The highest BCUT2D eigenvalue weighted by atomic mass is 32.1. The van der Waals surface area contributed by atoms with E-state index in [0.717, 1.165) is 47.9 Å². The number of carbonyl (C=O) groups is 1. The van der Waals surface area contributed by atoms with Gasteiger partial charge >= 0.3 is 0 Å². The highest BCUT2D eigenvalue weighted by molar-refractivity contribution is 7.15. The number of aliphatic imine (C=N–C) groups is 2. The Labute approximate surface area is 175 Å². The quantitative estimate of drug-likeness (QED) is 0.822. The number of nitrogens with zero attached hydrogens (tertiary/aromatic N) is 3. The van der Waals surface area contributed by atoms with E-state index in [9.17, 15) is 4.79 Å². The van der Waals surface area contributed by atoms with E-state index in [1.807, 2.05) is 35.4 Å². The van der Waals surface area contributed by atoms with Crippen molar-refractivity contribution in [3.8, 4) is 0 Å². The Bertz CT molecular complexity index is 926. The predicted octanol–water partition coefficient (Wildman–Crippen LogP) is 2.93. The van der Waals surface area contributed by atoms with Crippen molar-refractivity contribution in [2.24, 2.45) is 9.98 Å².